The van der Waals surface area contributed by atoms with E-state index in [0.717, 1.165) is 32.4 Å². The molecule has 1 saturated heterocycles. The van der Waals surface area contributed by atoms with Gasteiger partial charge in [0, 0.05) is 13.1 Å². The van der Waals surface area contributed by atoms with Gasteiger partial charge in [-0.2, -0.15) is 0 Å². The monoisotopic (exact) mass is 412 g/mol. The van der Waals surface area contributed by atoms with Gasteiger partial charge in [0.15, 0.2) is 17.7 Å². The average Bonchev–Trinajstić information content (AvgIpc) is 2.78. The van der Waals surface area contributed by atoms with Crippen molar-refractivity contribution < 1.29 is 23.5 Å². The van der Waals surface area contributed by atoms with Gasteiger partial charge in [-0.3, -0.25) is 9.59 Å². The number of para-hydroxylation sites is 2. The number of hydrogen-bond donors (Lipinski definition) is 0. The van der Waals surface area contributed by atoms with E-state index in [0.29, 0.717) is 17.0 Å². The van der Waals surface area contributed by atoms with Crippen LogP contribution in [0, 0.1) is 5.82 Å². The molecule has 0 spiro atoms. The van der Waals surface area contributed by atoms with Crippen LogP contribution in [-0.4, -0.2) is 49.6 Å². The maximum Gasteiger partial charge on any atom is 0.265 e. The topological polar surface area (TPSA) is 59.1 Å². The van der Waals surface area contributed by atoms with Crippen molar-refractivity contribution in [1.82, 2.24) is 4.90 Å². The Morgan fingerprint density at radius 3 is 2.63 bits per heavy atom. The number of hydrogen-bond acceptors (Lipinski definition) is 4. The molecule has 0 radical (unpaired) electrons. The maximum atomic E-state index is 14.0. The summed E-state index contributed by atoms with van der Waals surface area (Å²) in [6, 6.07) is 11.7. The molecule has 2 aliphatic rings. The summed E-state index contributed by atoms with van der Waals surface area (Å²) in [5.74, 6) is -0.170. The zero-order valence-corrected chi connectivity index (χ0v) is 17.0. The number of fused-ring (bicyclic) bond motifs is 1. The molecule has 0 aromatic heterocycles. The third-order valence-corrected chi connectivity index (χ3v) is 5.59. The second-order valence-electron chi connectivity index (χ2n) is 7.61. The standard InChI is InChI=1S/C23H25FN2O4/c1-29-19-10-9-16(13-17(19)24)14-22(27)26-15-21(23(28)25-11-5-2-6-12-25)30-20-8-4-3-7-18(20)26/h3-4,7-10,13,21H,2,5-6,11-12,14-15H2,1H3/t21-/m1/s1. The number of ether oxygens (including phenoxy) is 2. The lowest BCUT2D eigenvalue weighted by Crippen LogP contribution is -2.53. The van der Waals surface area contributed by atoms with Crippen molar-refractivity contribution in [1.29, 1.82) is 0 Å². The summed E-state index contributed by atoms with van der Waals surface area (Å²) in [4.78, 5) is 29.5. The molecule has 30 heavy (non-hydrogen) atoms. The largest absolute Gasteiger partial charge is 0.494 e. The van der Waals surface area contributed by atoms with Gasteiger partial charge in [-0.15, -0.1) is 0 Å². The Kier molecular flexibility index (Phi) is 5.88. The zero-order valence-electron chi connectivity index (χ0n) is 17.0. The third-order valence-electron chi connectivity index (χ3n) is 5.59. The molecule has 6 nitrogen and oxygen atoms in total. The van der Waals surface area contributed by atoms with Crippen LogP contribution in [0.2, 0.25) is 0 Å². The first-order valence-corrected chi connectivity index (χ1v) is 10.2. The minimum Gasteiger partial charge on any atom is -0.494 e. The van der Waals surface area contributed by atoms with Crippen molar-refractivity contribution in [3.8, 4) is 11.5 Å². The fourth-order valence-electron chi connectivity index (χ4n) is 4.01. The van der Waals surface area contributed by atoms with Crippen LogP contribution < -0.4 is 14.4 Å². The number of carbonyl (C=O) groups excluding carboxylic acids is 2. The normalized spacial score (nSPS) is 18.4. The van der Waals surface area contributed by atoms with Gasteiger partial charge < -0.3 is 19.3 Å². The van der Waals surface area contributed by atoms with Crippen LogP contribution in [0.3, 0.4) is 0 Å². The van der Waals surface area contributed by atoms with Crippen molar-refractivity contribution in [2.24, 2.45) is 0 Å². The van der Waals surface area contributed by atoms with Crippen molar-refractivity contribution in [2.75, 3.05) is 31.6 Å². The van der Waals surface area contributed by atoms with E-state index in [1.165, 1.54) is 19.2 Å². The molecule has 2 aromatic rings. The number of benzene rings is 2. The second-order valence-corrected chi connectivity index (χ2v) is 7.61. The number of methoxy groups -OCH3 is 1. The predicted molar refractivity (Wildman–Crippen MR) is 110 cm³/mol. The summed E-state index contributed by atoms with van der Waals surface area (Å²) in [5.41, 5.74) is 1.17. The van der Waals surface area contributed by atoms with Gasteiger partial charge in [-0.05, 0) is 49.1 Å². The van der Waals surface area contributed by atoms with E-state index in [9.17, 15) is 14.0 Å². The maximum absolute atomic E-state index is 14.0. The van der Waals surface area contributed by atoms with Gasteiger partial charge >= 0.3 is 0 Å². The van der Waals surface area contributed by atoms with Crippen LogP contribution in [0.15, 0.2) is 42.5 Å². The van der Waals surface area contributed by atoms with Gasteiger partial charge in [0.1, 0.15) is 5.75 Å². The number of amides is 2. The summed E-state index contributed by atoms with van der Waals surface area (Å²) < 4.78 is 24.9. The predicted octanol–water partition coefficient (Wildman–Crippen LogP) is 3.18. The van der Waals surface area contributed by atoms with E-state index in [2.05, 4.69) is 0 Å². The van der Waals surface area contributed by atoms with Gasteiger partial charge in [0.05, 0.1) is 25.8 Å². The second kappa shape index (κ2) is 8.73. The number of piperidine rings is 1. The van der Waals surface area contributed by atoms with E-state index >= 15 is 0 Å². The average molecular weight is 412 g/mol. The molecule has 2 aromatic carbocycles. The molecule has 2 aliphatic heterocycles. The Balaban J connectivity index is 1.55. The van der Waals surface area contributed by atoms with Crippen LogP contribution in [0.5, 0.6) is 11.5 Å². The highest BCUT2D eigenvalue weighted by atomic mass is 19.1. The molecule has 1 atom stereocenters. The SMILES string of the molecule is COc1ccc(CC(=O)N2C[C@H](C(=O)N3CCCCC3)Oc3ccccc32)cc1F. The van der Waals surface area contributed by atoms with Crippen molar-refractivity contribution >= 4 is 17.5 Å². The molecule has 0 unspecified atom stereocenters. The Morgan fingerprint density at radius 2 is 1.90 bits per heavy atom. The number of halogens is 1. The fraction of sp³-hybridized carbons (Fsp3) is 0.391. The lowest BCUT2D eigenvalue weighted by Gasteiger charge is -2.37. The first kappa shape index (κ1) is 20.2. The lowest BCUT2D eigenvalue weighted by atomic mass is 10.1. The Bertz CT molecular complexity index is 943. The molecule has 7 heteroatoms. The molecule has 1 fully saturated rings. The van der Waals surface area contributed by atoms with E-state index in [1.807, 2.05) is 17.0 Å². The minimum atomic E-state index is -0.741. The van der Waals surface area contributed by atoms with E-state index < -0.39 is 11.9 Å². The quantitative estimate of drug-likeness (QED) is 0.774. The number of likely N-dealkylation sites (tertiary alicyclic amines) is 1. The van der Waals surface area contributed by atoms with Gasteiger partial charge in [0.25, 0.3) is 5.91 Å². The lowest BCUT2D eigenvalue weighted by molar-refractivity contribution is -0.139. The highest BCUT2D eigenvalue weighted by Gasteiger charge is 2.36. The first-order valence-electron chi connectivity index (χ1n) is 10.2. The molecular weight excluding hydrogens is 387 g/mol. The van der Waals surface area contributed by atoms with E-state index in [1.54, 1.807) is 23.1 Å². The Labute approximate surface area is 175 Å². The summed E-state index contributed by atoms with van der Waals surface area (Å²) in [7, 11) is 1.40. The highest BCUT2D eigenvalue weighted by Crippen LogP contribution is 2.34. The Hall–Kier alpha value is -3.09. The summed E-state index contributed by atoms with van der Waals surface area (Å²) >= 11 is 0. The molecule has 0 bridgehead atoms. The van der Waals surface area contributed by atoms with Crippen molar-refractivity contribution in [2.45, 2.75) is 31.8 Å². The number of anilines is 1. The highest BCUT2D eigenvalue weighted by molar-refractivity contribution is 5.98. The van der Waals surface area contributed by atoms with Crippen LogP contribution >= 0.6 is 0 Å². The minimum absolute atomic E-state index is 0.0138. The first-order chi connectivity index (χ1) is 14.6. The molecule has 2 heterocycles. The van der Waals surface area contributed by atoms with Gasteiger partial charge in [-0.1, -0.05) is 18.2 Å². The molecule has 0 aliphatic carbocycles. The summed E-state index contributed by atoms with van der Waals surface area (Å²) in [6.07, 6.45) is 2.37. The van der Waals surface area contributed by atoms with Gasteiger partial charge in [0.2, 0.25) is 5.91 Å². The smallest absolute Gasteiger partial charge is 0.265 e. The van der Waals surface area contributed by atoms with Crippen molar-refractivity contribution in [3.63, 3.8) is 0 Å². The van der Waals surface area contributed by atoms with Crippen LogP contribution in [0.4, 0.5) is 10.1 Å². The molecular formula is C23H25FN2O4. The van der Waals surface area contributed by atoms with Crippen LogP contribution in [0.25, 0.3) is 0 Å². The summed E-state index contributed by atoms with van der Waals surface area (Å²) in [6.45, 7) is 1.59. The number of nitrogens with zero attached hydrogens (tertiary/aromatic N) is 2. The fourth-order valence-corrected chi connectivity index (χ4v) is 4.01. The number of carbonyl (C=O) groups is 2. The van der Waals surface area contributed by atoms with E-state index in [-0.39, 0.29) is 30.5 Å². The van der Waals surface area contributed by atoms with E-state index in [4.69, 9.17) is 9.47 Å². The third kappa shape index (κ3) is 4.10. The zero-order chi connectivity index (χ0) is 21.1. The molecule has 4 rings (SSSR count). The Morgan fingerprint density at radius 1 is 1.13 bits per heavy atom. The van der Waals surface area contributed by atoms with Crippen LogP contribution in [0.1, 0.15) is 24.8 Å². The molecule has 0 saturated carbocycles. The van der Waals surface area contributed by atoms with Crippen LogP contribution in [-0.2, 0) is 16.0 Å². The molecule has 158 valence electrons. The number of rotatable bonds is 4. The summed E-state index contributed by atoms with van der Waals surface area (Å²) in [5, 5.41) is 0. The molecule has 2 amide bonds. The van der Waals surface area contributed by atoms with Gasteiger partial charge in [-0.25, -0.2) is 4.39 Å². The molecule has 0 N–H and O–H groups in total. The van der Waals surface area contributed by atoms with Crippen molar-refractivity contribution in [3.05, 3.63) is 53.8 Å².